The number of benzene rings is 2. The van der Waals surface area contributed by atoms with Crippen molar-refractivity contribution in [2.45, 2.75) is 13.0 Å². The second kappa shape index (κ2) is 7.48. The van der Waals surface area contributed by atoms with Crippen LogP contribution < -0.4 is 9.62 Å². The molecule has 0 bridgehead atoms. The molecule has 0 aliphatic carbocycles. The van der Waals surface area contributed by atoms with Gasteiger partial charge in [0.1, 0.15) is 11.9 Å². The van der Waals surface area contributed by atoms with E-state index in [1.807, 2.05) is 0 Å². The average Bonchev–Trinajstić information content (AvgIpc) is 2.55. The van der Waals surface area contributed by atoms with Gasteiger partial charge in [-0.3, -0.25) is 19.2 Å². The molecule has 0 aliphatic rings. The highest BCUT2D eigenvalue weighted by Gasteiger charge is 2.31. The number of carbonyl (C=O) groups is 1. The molecule has 1 N–H and O–H groups in total. The molecule has 0 radical (unpaired) electrons. The van der Waals surface area contributed by atoms with Gasteiger partial charge in [-0.15, -0.1) is 0 Å². The molecular formula is C16H16FN3O5S. The summed E-state index contributed by atoms with van der Waals surface area (Å²) in [5.74, 6) is -1.56. The molecule has 0 unspecified atom stereocenters. The van der Waals surface area contributed by atoms with Gasteiger partial charge in [0.15, 0.2) is 0 Å². The topological polar surface area (TPSA) is 110 Å². The third-order valence-electron chi connectivity index (χ3n) is 3.50. The first-order chi connectivity index (χ1) is 12.1. The standard InChI is InChI=1S/C16H16FN3O5S/c1-11(16(21)18-12-6-5-7-13(10-12)20(22)23)19(26(2,24)25)15-9-4-3-8-14(15)17/h3-11H,1-2H3,(H,18,21)/t11-/m1/s1. The monoisotopic (exact) mass is 381 g/mol. The molecule has 26 heavy (non-hydrogen) atoms. The minimum Gasteiger partial charge on any atom is -0.324 e. The van der Waals surface area contributed by atoms with Crippen LogP contribution >= 0.6 is 0 Å². The van der Waals surface area contributed by atoms with Crippen molar-refractivity contribution in [3.8, 4) is 0 Å². The number of nitro benzene ring substituents is 1. The van der Waals surface area contributed by atoms with Gasteiger partial charge in [-0.1, -0.05) is 18.2 Å². The molecule has 0 aliphatic heterocycles. The van der Waals surface area contributed by atoms with Crippen LogP contribution in [0.1, 0.15) is 6.92 Å². The Kier molecular flexibility index (Phi) is 5.56. The molecule has 10 heteroatoms. The SMILES string of the molecule is C[C@H](C(=O)Nc1cccc([N+](=O)[O-])c1)N(c1ccccc1F)S(C)(=O)=O. The fourth-order valence-corrected chi connectivity index (χ4v) is 3.53. The highest BCUT2D eigenvalue weighted by molar-refractivity contribution is 7.92. The third kappa shape index (κ3) is 4.33. The number of sulfonamides is 1. The number of carbonyl (C=O) groups excluding carboxylic acids is 1. The second-order valence-corrected chi connectivity index (χ2v) is 7.34. The van der Waals surface area contributed by atoms with E-state index in [9.17, 15) is 27.7 Å². The van der Waals surface area contributed by atoms with Crippen molar-refractivity contribution in [3.05, 3.63) is 64.5 Å². The second-order valence-electron chi connectivity index (χ2n) is 5.48. The van der Waals surface area contributed by atoms with E-state index in [0.717, 1.165) is 18.4 Å². The number of nitro groups is 1. The lowest BCUT2D eigenvalue weighted by molar-refractivity contribution is -0.384. The highest BCUT2D eigenvalue weighted by Crippen LogP contribution is 2.25. The van der Waals surface area contributed by atoms with Gasteiger partial charge < -0.3 is 5.32 Å². The van der Waals surface area contributed by atoms with Crippen molar-refractivity contribution in [1.82, 2.24) is 0 Å². The number of rotatable bonds is 6. The van der Waals surface area contributed by atoms with Gasteiger partial charge >= 0.3 is 0 Å². The first kappa shape index (κ1) is 19.3. The molecule has 2 rings (SSSR count). The van der Waals surface area contributed by atoms with Crippen molar-refractivity contribution in [1.29, 1.82) is 0 Å². The lowest BCUT2D eigenvalue weighted by Gasteiger charge is -2.28. The number of halogens is 1. The Balaban J connectivity index is 2.33. The molecule has 0 saturated heterocycles. The first-order valence-corrected chi connectivity index (χ1v) is 9.25. The van der Waals surface area contributed by atoms with Crippen LogP contribution in [0.2, 0.25) is 0 Å². The Morgan fingerprint density at radius 3 is 2.46 bits per heavy atom. The number of hydrogen-bond donors (Lipinski definition) is 1. The molecule has 1 amide bonds. The summed E-state index contributed by atoms with van der Waals surface area (Å²) >= 11 is 0. The van der Waals surface area contributed by atoms with Crippen LogP contribution in [0.25, 0.3) is 0 Å². The molecule has 2 aromatic rings. The Labute approximate surface area is 149 Å². The average molecular weight is 381 g/mol. The maximum atomic E-state index is 14.0. The predicted octanol–water partition coefficient (Wildman–Crippen LogP) is 2.53. The molecule has 0 aromatic heterocycles. The van der Waals surface area contributed by atoms with Crippen molar-refractivity contribution in [2.24, 2.45) is 0 Å². The van der Waals surface area contributed by atoms with Crippen LogP contribution in [-0.2, 0) is 14.8 Å². The molecule has 0 saturated carbocycles. The molecule has 2 aromatic carbocycles. The zero-order chi connectivity index (χ0) is 19.5. The zero-order valence-corrected chi connectivity index (χ0v) is 14.7. The summed E-state index contributed by atoms with van der Waals surface area (Å²) in [5.41, 5.74) is -0.376. The fraction of sp³-hybridized carbons (Fsp3) is 0.188. The molecule has 1 atom stereocenters. The molecule has 8 nitrogen and oxygen atoms in total. The maximum Gasteiger partial charge on any atom is 0.271 e. The minimum atomic E-state index is -3.97. The third-order valence-corrected chi connectivity index (χ3v) is 4.73. The smallest absolute Gasteiger partial charge is 0.271 e. The van der Waals surface area contributed by atoms with E-state index in [-0.39, 0.29) is 17.1 Å². The molecular weight excluding hydrogens is 365 g/mol. The lowest BCUT2D eigenvalue weighted by atomic mass is 10.2. The largest absolute Gasteiger partial charge is 0.324 e. The van der Waals surface area contributed by atoms with Crippen LogP contribution in [0, 0.1) is 15.9 Å². The van der Waals surface area contributed by atoms with E-state index in [0.29, 0.717) is 4.31 Å². The van der Waals surface area contributed by atoms with Gasteiger partial charge in [0.25, 0.3) is 5.69 Å². The first-order valence-electron chi connectivity index (χ1n) is 7.40. The van der Waals surface area contributed by atoms with Gasteiger partial charge in [0, 0.05) is 17.8 Å². The van der Waals surface area contributed by atoms with Crippen molar-refractivity contribution in [3.63, 3.8) is 0 Å². The summed E-state index contributed by atoms with van der Waals surface area (Å²) in [7, 11) is -3.97. The number of non-ortho nitro benzene ring substituents is 1. The maximum absolute atomic E-state index is 14.0. The summed E-state index contributed by atoms with van der Waals surface area (Å²) in [6.07, 6.45) is 0.858. The summed E-state index contributed by atoms with van der Waals surface area (Å²) in [6, 6.07) is 9.07. The molecule has 0 heterocycles. The zero-order valence-electron chi connectivity index (χ0n) is 13.9. The lowest BCUT2D eigenvalue weighted by Crippen LogP contribution is -2.45. The van der Waals surface area contributed by atoms with Crippen molar-refractivity contribution >= 4 is 33.0 Å². The summed E-state index contributed by atoms with van der Waals surface area (Å²) < 4.78 is 38.9. The number of hydrogen-bond acceptors (Lipinski definition) is 5. The number of nitrogens with zero attached hydrogens (tertiary/aromatic N) is 2. The van der Waals surface area contributed by atoms with Crippen molar-refractivity contribution in [2.75, 3.05) is 15.9 Å². The summed E-state index contributed by atoms with van der Waals surface area (Å²) in [5, 5.41) is 13.2. The Morgan fingerprint density at radius 2 is 1.88 bits per heavy atom. The molecule has 0 spiro atoms. The van der Waals surface area contributed by atoms with E-state index in [1.54, 1.807) is 0 Å². The summed E-state index contributed by atoms with van der Waals surface area (Å²) in [4.78, 5) is 22.6. The van der Waals surface area contributed by atoms with Gasteiger partial charge in [-0.05, 0) is 25.1 Å². The van der Waals surface area contributed by atoms with Crippen molar-refractivity contribution < 1.29 is 22.5 Å². The quantitative estimate of drug-likeness (QED) is 0.611. The normalized spacial score (nSPS) is 12.3. The Morgan fingerprint density at radius 1 is 1.23 bits per heavy atom. The van der Waals surface area contributed by atoms with Crippen LogP contribution in [0.15, 0.2) is 48.5 Å². The van der Waals surface area contributed by atoms with E-state index < -0.39 is 32.7 Å². The Hall–Kier alpha value is -3.01. The van der Waals surface area contributed by atoms with E-state index in [1.165, 1.54) is 43.3 Å². The van der Waals surface area contributed by atoms with Gasteiger partial charge in [0.2, 0.25) is 15.9 Å². The van der Waals surface area contributed by atoms with E-state index >= 15 is 0 Å². The van der Waals surface area contributed by atoms with E-state index in [4.69, 9.17) is 0 Å². The fourth-order valence-electron chi connectivity index (χ4n) is 2.36. The number of para-hydroxylation sites is 1. The van der Waals surface area contributed by atoms with Gasteiger partial charge in [-0.2, -0.15) is 0 Å². The number of nitrogens with one attached hydrogen (secondary N) is 1. The number of anilines is 2. The van der Waals surface area contributed by atoms with Gasteiger partial charge in [0.05, 0.1) is 16.9 Å². The number of amides is 1. The van der Waals surface area contributed by atoms with Crippen LogP contribution in [0.3, 0.4) is 0 Å². The van der Waals surface area contributed by atoms with Crippen LogP contribution in [0.4, 0.5) is 21.5 Å². The van der Waals surface area contributed by atoms with E-state index in [2.05, 4.69) is 5.32 Å². The molecule has 138 valence electrons. The van der Waals surface area contributed by atoms with Crippen LogP contribution in [-0.4, -0.2) is 31.5 Å². The molecule has 0 fully saturated rings. The summed E-state index contributed by atoms with van der Waals surface area (Å²) in [6.45, 7) is 1.29. The van der Waals surface area contributed by atoms with Gasteiger partial charge in [-0.25, -0.2) is 12.8 Å². The van der Waals surface area contributed by atoms with Crippen LogP contribution in [0.5, 0.6) is 0 Å². The predicted molar refractivity (Wildman–Crippen MR) is 94.9 cm³/mol. The minimum absolute atomic E-state index is 0.123. The Bertz CT molecular complexity index is 948. The highest BCUT2D eigenvalue weighted by atomic mass is 32.2.